The SMILES string of the molecule is CN=C(NCCC(=O)OC)NCCc1c[nH]c2cc(C)ccc12.I. The number of nitrogens with one attached hydrogen (secondary N) is 3. The van der Waals surface area contributed by atoms with Gasteiger partial charge in [-0.1, -0.05) is 12.1 Å². The van der Waals surface area contributed by atoms with E-state index in [4.69, 9.17) is 0 Å². The summed E-state index contributed by atoms with van der Waals surface area (Å²) < 4.78 is 4.60. The Morgan fingerprint density at radius 2 is 2.04 bits per heavy atom. The van der Waals surface area contributed by atoms with Crippen LogP contribution in [0.3, 0.4) is 0 Å². The highest BCUT2D eigenvalue weighted by Gasteiger charge is 2.05. The Bertz CT molecular complexity index is 697. The quantitative estimate of drug-likeness (QED) is 0.277. The van der Waals surface area contributed by atoms with Crippen LogP contribution in [0.15, 0.2) is 29.4 Å². The first-order valence-corrected chi connectivity index (χ1v) is 7.72. The van der Waals surface area contributed by atoms with Crippen molar-refractivity contribution in [3.8, 4) is 0 Å². The zero-order valence-electron chi connectivity index (χ0n) is 14.3. The zero-order chi connectivity index (χ0) is 16.7. The van der Waals surface area contributed by atoms with E-state index < -0.39 is 0 Å². The molecule has 0 atom stereocenters. The van der Waals surface area contributed by atoms with Crippen LogP contribution in [0.4, 0.5) is 0 Å². The van der Waals surface area contributed by atoms with Gasteiger partial charge in [0.2, 0.25) is 0 Å². The molecule has 3 N–H and O–H groups in total. The number of aromatic amines is 1. The van der Waals surface area contributed by atoms with Crippen molar-refractivity contribution >= 4 is 46.8 Å². The number of aromatic nitrogens is 1. The zero-order valence-corrected chi connectivity index (χ0v) is 16.6. The molecule has 2 rings (SSSR count). The van der Waals surface area contributed by atoms with Crippen LogP contribution >= 0.6 is 24.0 Å². The van der Waals surface area contributed by atoms with Crippen molar-refractivity contribution in [2.45, 2.75) is 19.8 Å². The summed E-state index contributed by atoms with van der Waals surface area (Å²) in [6.07, 6.45) is 3.26. The van der Waals surface area contributed by atoms with Gasteiger partial charge in [0.25, 0.3) is 0 Å². The lowest BCUT2D eigenvalue weighted by molar-refractivity contribution is -0.140. The Balaban J connectivity index is 0.00000288. The fourth-order valence-corrected chi connectivity index (χ4v) is 2.43. The highest BCUT2D eigenvalue weighted by molar-refractivity contribution is 14.0. The summed E-state index contributed by atoms with van der Waals surface area (Å²) >= 11 is 0. The molecule has 0 radical (unpaired) electrons. The third kappa shape index (κ3) is 5.70. The highest BCUT2D eigenvalue weighted by atomic mass is 127. The maximum absolute atomic E-state index is 11.1. The van der Waals surface area contributed by atoms with Crippen molar-refractivity contribution in [1.82, 2.24) is 15.6 Å². The van der Waals surface area contributed by atoms with Gasteiger partial charge < -0.3 is 20.4 Å². The second-order valence-corrected chi connectivity index (χ2v) is 5.36. The number of rotatable bonds is 6. The molecule has 0 spiro atoms. The summed E-state index contributed by atoms with van der Waals surface area (Å²) in [5.74, 6) is 0.451. The number of guanidine groups is 1. The van der Waals surface area contributed by atoms with E-state index >= 15 is 0 Å². The molecule has 0 unspecified atom stereocenters. The van der Waals surface area contributed by atoms with Gasteiger partial charge in [-0.2, -0.15) is 0 Å². The van der Waals surface area contributed by atoms with E-state index in [1.165, 1.54) is 29.1 Å². The van der Waals surface area contributed by atoms with Crippen LogP contribution < -0.4 is 10.6 Å². The molecule has 7 heteroatoms. The van der Waals surface area contributed by atoms with E-state index in [1.807, 2.05) is 0 Å². The number of carbonyl (C=O) groups excluding carboxylic acids is 1. The van der Waals surface area contributed by atoms with Gasteiger partial charge in [-0.3, -0.25) is 9.79 Å². The van der Waals surface area contributed by atoms with Crippen molar-refractivity contribution in [2.75, 3.05) is 27.2 Å². The standard InChI is InChI=1S/C17H24N4O2.HI/c1-12-4-5-14-13(11-21-15(14)10-12)6-8-19-17(18-2)20-9-7-16(22)23-3;/h4-5,10-11,21H,6-9H2,1-3H3,(H2,18,19,20);1H. The Kier molecular flexibility index (Phi) is 8.59. The molecular formula is C17H25IN4O2. The molecule has 0 aliphatic carbocycles. The first-order chi connectivity index (χ1) is 11.1. The average Bonchev–Trinajstić information content (AvgIpc) is 2.95. The summed E-state index contributed by atoms with van der Waals surface area (Å²) in [7, 11) is 3.10. The number of aliphatic imine (C=N–C) groups is 1. The van der Waals surface area contributed by atoms with Crippen molar-refractivity contribution in [2.24, 2.45) is 4.99 Å². The normalized spacial score (nSPS) is 11.0. The van der Waals surface area contributed by atoms with E-state index in [9.17, 15) is 4.79 Å². The number of nitrogens with zero attached hydrogens (tertiary/aromatic N) is 1. The lowest BCUT2D eigenvalue weighted by atomic mass is 10.1. The van der Waals surface area contributed by atoms with Gasteiger partial charge in [0.05, 0.1) is 13.5 Å². The van der Waals surface area contributed by atoms with Gasteiger partial charge in [-0.15, -0.1) is 24.0 Å². The van der Waals surface area contributed by atoms with E-state index in [0.29, 0.717) is 18.9 Å². The molecule has 0 aliphatic heterocycles. The van der Waals surface area contributed by atoms with Crippen molar-refractivity contribution in [1.29, 1.82) is 0 Å². The third-order valence-corrected chi connectivity index (χ3v) is 3.68. The number of aryl methyl sites for hydroxylation is 1. The number of hydrogen-bond acceptors (Lipinski definition) is 3. The second-order valence-electron chi connectivity index (χ2n) is 5.36. The van der Waals surface area contributed by atoms with Gasteiger partial charge in [0, 0.05) is 37.2 Å². The topological polar surface area (TPSA) is 78.5 Å². The van der Waals surface area contributed by atoms with Gasteiger partial charge in [0.1, 0.15) is 0 Å². The molecular weight excluding hydrogens is 419 g/mol. The van der Waals surface area contributed by atoms with Crippen LogP contribution in [0.1, 0.15) is 17.5 Å². The molecule has 6 nitrogen and oxygen atoms in total. The van der Waals surface area contributed by atoms with Gasteiger partial charge in [-0.25, -0.2) is 0 Å². The van der Waals surface area contributed by atoms with Gasteiger partial charge in [-0.05, 0) is 30.5 Å². The lowest BCUT2D eigenvalue weighted by Crippen LogP contribution is -2.39. The predicted octanol–water partition coefficient (Wildman–Crippen LogP) is 2.36. The van der Waals surface area contributed by atoms with Crippen LogP contribution in [0, 0.1) is 6.92 Å². The number of fused-ring (bicyclic) bond motifs is 1. The highest BCUT2D eigenvalue weighted by Crippen LogP contribution is 2.19. The number of esters is 1. The van der Waals surface area contributed by atoms with Crippen LogP contribution in [0.5, 0.6) is 0 Å². The average molecular weight is 444 g/mol. The first kappa shape index (κ1) is 20.3. The minimum Gasteiger partial charge on any atom is -0.469 e. The van der Waals surface area contributed by atoms with Crippen LogP contribution in [-0.4, -0.2) is 44.2 Å². The number of halogens is 1. The lowest BCUT2D eigenvalue weighted by Gasteiger charge is -2.11. The maximum Gasteiger partial charge on any atom is 0.307 e. The fourth-order valence-electron chi connectivity index (χ4n) is 2.43. The Labute approximate surface area is 159 Å². The number of methoxy groups -OCH3 is 1. The fraction of sp³-hybridized carbons (Fsp3) is 0.412. The number of ether oxygens (including phenoxy) is 1. The van der Waals surface area contributed by atoms with Crippen LogP contribution in [-0.2, 0) is 16.0 Å². The predicted molar refractivity (Wildman–Crippen MR) is 108 cm³/mol. The van der Waals surface area contributed by atoms with Crippen LogP contribution in [0.2, 0.25) is 0 Å². The minimum absolute atomic E-state index is 0. The van der Waals surface area contributed by atoms with Crippen LogP contribution in [0.25, 0.3) is 10.9 Å². The van der Waals surface area contributed by atoms with E-state index in [0.717, 1.165) is 13.0 Å². The summed E-state index contributed by atoms with van der Waals surface area (Å²) in [5, 5.41) is 7.59. The smallest absolute Gasteiger partial charge is 0.307 e. The molecule has 1 heterocycles. The molecule has 0 saturated carbocycles. The number of carbonyl (C=O) groups is 1. The molecule has 0 aliphatic rings. The summed E-state index contributed by atoms with van der Waals surface area (Å²) in [4.78, 5) is 18.5. The molecule has 132 valence electrons. The Morgan fingerprint density at radius 1 is 1.29 bits per heavy atom. The van der Waals surface area contributed by atoms with Gasteiger partial charge >= 0.3 is 5.97 Å². The largest absolute Gasteiger partial charge is 0.469 e. The van der Waals surface area contributed by atoms with Crippen molar-refractivity contribution in [3.63, 3.8) is 0 Å². The molecule has 0 fully saturated rings. The summed E-state index contributed by atoms with van der Waals surface area (Å²) in [6.45, 7) is 3.35. The molecule has 0 bridgehead atoms. The number of hydrogen-bond donors (Lipinski definition) is 3. The molecule has 1 aromatic carbocycles. The third-order valence-electron chi connectivity index (χ3n) is 3.68. The summed E-state index contributed by atoms with van der Waals surface area (Å²) in [5.41, 5.74) is 3.69. The molecule has 0 saturated heterocycles. The molecule has 1 aromatic heterocycles. The molecule has 0 amide bonds. The van der Waals surface area contributed by atoms with E-state index in [1.54, 1.807) is 7.05 Å². The minimum atomic E-state index is -0.234. The van der Waals surface area contributed by atoms with E-state index in [2.05, 4.69) is 56.7 Å². The summed E-state index contributed by atoms with van der Waals surface area (Å²) in [6, 6.07) is 6.43. The van der Waals surface area contributed by atoms with Crippen molar-refractivity contribution < 1.29 is 9.53 Å². The maximum atomic E-state index is 11.1. The number of benzene rings is 1. The second kappa shape index (κ2) is 10.2. The Morgan fingerprint density at radius 3 is 2.75 bits per heavy atom. The van der Waals surface area contributed by atoms with E-state index in [-0.39, 0.29) is 29.9 Å². The Hall–Kier alpha value is -1.77. The first-order valence-electron chi connectivity index (χ1n) is 7.72. The monoisotopic (exact) mass is 444 g/mol. The number of H-pyrrole nitrogens is 1. The molecule has 2 aromatic rings. The van der Waals surface area contributed by atoms with Gasteiger partial charge in [0.15, 0.2) is 5.96 Å². The molecule has 24 heavy (non-hydrogen) atoms. The van der Waals surface area contributed by atoms with Crippen molar-refractivity contribution in [3.05, 3.63) is 35.5 Å².